The minimum Gasteiger partial charge on any atom is -0.495 e. The van der Waals surface area contributed by atoms with Crippen molar-refractivity contribution in [1.29, 1.82) is 0 Å². The smallest absolute Gasteiger partial charge is 0.303 e. The first-order valence-electron chi connectivity index (χ1n) is 7.14. The highest BCUT2D eigenvalue weighted by molar-refractivity contribution is 7.92. The third-order valence-electron chi connectivity index (χ3n) is 3.62. The van der Waals surface area contributed by atoms with Gasteiger partial charge < -0.3 is 9.84 Å². The first-order valence-corrected chi connectivity index (χ1v) is 8.63. The number of methoxy groups -OCH3 is 1. The molecular formula is C15H19N3O5S. The molecule has 2 aromatic rings. The van der Waals surface area contributed by atoms with Gasteiger partial charge in [0.1, 0.15) is 10.6 Å². The lowest BCUT2D eigenvalue weighted by Crippen LogP contribution is -2.15. The fraction of sp³-hybridized carbons (Fsp3) is 0.333. The third kappa shape index (κ3) is 3.85. The van der Waals surface area contributed by atoms with Crippen molar-refractivity contribution in [2.45, 2.75) is 24.7 Å². The fourth-order valence-electron chi connectivity index (χ4n) is 2.18. The highest BCUT2D eigenvalue weighted by atomic mass is 32.2. The molecule has 0 atom stereocenters. The normalized spacial score (nSPS) is 11.3. The summed E-state index contributed by atoms with van der Waals surface area (Å²) in [5.74, 6) is -0.571. The molecule has 0 aliphatic rings. The number of hydrogen-bond acceptors (Lipinski definition) is 5. The molecule has 0 amide bonds. The van der Waals surface area contributed by atoms with Crippen molar-refractivity contribution in [3.05, 3.63) is 35.7 Å². The summed E-state index contributed by atoms with van der Waals surface area (Å²) in [4.78, 5) is 10.8. The summed E-state index contributed by atoms with van der Waals surface area (Å²) in [6.45, 7) is 1.65. The second-order valence-corrected chi connectivity index (χ2v) is 6.90. The molecule has 24 heavy (non-hydrogen) atoms. The number of benzene rings is 1. The lowest BCUT2D eigenvalue weighted by atomic mass is 10.1. The van der Waals surface area contributed by atoms with Crippen LogP contribution in [-0.2, 0) is 28.3 Å². The molecule has 0 saturated carbocycles. The zero-order valence-electron chi connectivity index (χ0n) is 13.6. The molecule has 9 heteroatoms. The van der Waals surface area contributed by atoms with Crippen LogP contribution >= 0.6 is 0 Å². The molecule has 1 aromatic carbocycles. The molecule has 130 valence electrons. The maximum atomic E-state index is 12.6. The molecule has 0 radical (unpaired) electrons. The van der Waals surface area contributed by atoms with Gasteiger partial charge in [0.25, 0.3) is 10.0 Å². The van der Waals surface area contributed by atoms with Gasteiger partial charge in [0, 0.05) is 13.5 Å². The van der Waals surface area contributed by atoms with Gasteiger partial charge in [0.15, 0.2) is 0 Å². The SMILES string of the molecule is COc1ccc(CCC(=O)O)cc1NS(=O)(=O)c1cnn(C)c1C. The average molecular weight is 353 g/mol. The first-order chi connectivity index (χ1) is 11.2. The van der Waals surface area contributed by atoms with E-state index in [1.54, 1.807) is 32.2 Å². The van der Waals surface area contributed by atoms with E-state index < -0.39 is 16.0 Å². The molecule has 0 aliphatic heterocycles. The minimum atomic E-state index is -3.83. The topological polar surface area (TPSA) is 111 Å². The van der Waals surface area contributed by atoms with Gasteiger partial charge >= 0.3 is 5.97 Å². The van der Waals surface area contributed by atoms with Gasteiger partial charge in [-0.3, -0.25) is 14.2 Å². The van der Waals surface area contributed by atoms with E-state index in [4.69, 9.17) is 9.84 Å². The largest absolute Gasteiger partial charge is 0.495 e. The number of carboxylic acids is 1. The summed E-state index contributed by atoms with van der Waals surface area (Å²) < 4.78 is 34.3. The Balaban J connectivity index is 2.34. The number of anilines is 1. The number of nitrogens with one attached hydrogen (secondary N) is 1. The molecule has 1 heterocycles. The molecule has 0 unspecified atom stereocenters. The van der Waals surface area contributed by atoms with E-state index in [-0.39, 0.29) is 17.0 Å². The average Bonchev–Trinajstić information content (AvgIpc) is 2.85. The van der Waals surface area contributed by atoms with Gasteiger partial charge in [0.2, 0.25) is 0 Å². The van der Waals surface area contributed by atoms with Crippen molar-refractivity contribution >= 4 is 21.7 Å². The van der Waals surface area contributed by atoms with Crippen LogP contribution in [0.15, 0.2) is 29.3 Å². The maximum absolute atomic E-state index is 12.6. The Labute approximate surface area is 140 Å². The van der Waals surface area contributed by atoms with E-state index in [1.807, 2.05) is 0 Å². The van der Waals surface area contributed by atoms with E-state index in [2.05, 4.69) is 9.82 Å². The molecule has 1 aromatic heterocycles. The van der Waals surface area contributed by atoms with Crippen LogP contribution in [0.2, 0.25) is 0 Å². The van der Waals surface area contributed by atoms with Crippen LogP contribution in [-0.4, -0.2) is 36.4 Å². The van der Waals surface area contributed by atoms with E-state index >= 15 is 0 Å². The number of aliphatic carboxylic acids is 1. The molecule has 0 aliphatic carbocycles. The number of rotatable bonds is 7. The Kier molecular flexibility index (Phi) is 5.13. The number of nitrogens with zero attached hydrogens (tertiary/aromatic N) is 2. The molecule has 2 N–H and O–H groups in total. The van der Waals surface area contributed by atoms with Crippen molar-refractivity contribution in [2.24, 2.45) is 7.05 Å². The molecule has 2 rings (SSSR count). The van der Waals surface area contributed by atoms with Gasteiger partial charge in [-0.15, -0.1) is 0 Å². The monoisotopic (exact) mass is 353 g/mol. The Morgan fingerprint density at radius 1 is 1.42 bits per heavy atom. The van der Waals surface area contributed by atoms with Crippen molar-refractivity contribution < 1.29 is 23.1 Å². The lowest BCUT2D eigenvalue weighted by Gasteiger charge is -2.13. The van der Waals surface area contributed by atoms with Crippen molar-refractivity contribution in [3.8, 4) is 5.75 Å². The van der Waals surface area contributed by atoms with Crippen LogP contribution < -0.4 is 9.46 Å². The Morgan fingerprint density at radius 3 is 2.67 bits per heavy atom. The quantitative estimate of drug-likeness (QED) is 0.781. The molecule has 0 fully saturated rings. The lowest BCUT2D eigenvalue weighted by molar-refractivity contribution is -0.136. The Morgan fingerprint density at radius 2 is 2.12 bits per heavy atom. The van der Waals surface area contributed by atoms with Gasteiger partial charge in [-0.05, 0) is 31.0 Å². The van der Waals surface area contributed by atoms with Crippen LogP contribution in [0.1, 0.15) is 17.7 Å². The van der Waals surface area contributed by atoms with Crippen LogP contribution in [0.3, 0.4) is 0 Å². The minimum absolute atomic E-state index is 0.0414. The van der Waals surface area contributed by atoms with Crippen LogP contribution in [0.25, 0.3) is 0 Å². The number of ether oxygens (including phenoxy) is 1. The van der Waals surface area contributed by atoms with Gasteiger partial charge in [-0.25, -0.2) is 8.42 Å². The number of aryl methyl sites for hydroxylation is 2. The highest BCUT2D eigenvalue weighted by Gasteiger charge is 2.21. The molecule has 0 spiro atoms. The summed E-state index contributed by atoms with van der Waals surface area (Å²) >= 11 is 0. The summed E-state index contributed by atoms with van der Waals surface area (Å²) in [6.07, 6.45) is 1.53. The predicted octanol–water partition coefficient (Wildman–Crippen LogP) is 1.56. The summed E-state index contributed by atoms with van der Waals surface area (Å²) in [7, 11) is -0.749. The van der Waals surface area contributed by atoms with Gasteiger partial charge in [-0.1, -0.05) is 6.07 Å². The highest BCUT2D eigenvalue weighted by Crippen LogP contribution is 2.29. The van der Waals surface area contributed by atoms with E-state index in [0.29, 0.717) is 23.4 Å². The zero-order valence-corrected chi connectivity index (χ0v) is 14.4. The van der Waals surface area contributed by atoms with Crippen LogP contribution in [0.4, 0.5) is 5.69 Å². The van der Waals surface area contributed by atoms with Crippen molar-refractivity contribution in [2.75, 3.05) is 11.8 Å². The van der Waals surface area contributed by atoms with E-state index in [9.17, 15) is 13.2 Å². The summed E-state index contributed by atoms with van der Waals surface area (Å²) in [6, 6.07) is 4.88. The number of carbonyl (C=O) groups is 1. The van der Waals surface area contributed by atoms with Crippen molar-refractivity contribution in [1.82, 2.24) is 9.78 Å². The molecular weight excluding hydrogens is 334 g/mol. The Bertz CT molecular complexity index is 858. The number of hydrogen-bond donors (Lipinski definition) is 2. The summed E-state index contributed by atoms with van der Waals surface area (Å²) in [5.41, 5.74) is 1.45. The van der Waals surface area contributed by atoms with Crippen LogP contribution in [0.5, 0.6) is 5.75 Å². The second kappa shape index (κ2) is 6.91. The number of aromatic nitrogens is 2. The van der Waals surface area contributed by atoms with Crippen LogP contribution in [0, 0.1) is 6.92 Å². The number of sulfonamides is 1. The zero-order chi connectivity index (χ0) is 17.9. The standard InChI is InChI=1S/C15H19N3O5S/c1-10-14(9-16-18(10)2)24(21,22)17-12-8-11(5-7-15(19)20)4-6-13(12)23-3/h4,6,8-9,17H,5,7H2,1-3H3,(H,19,20). The van der Waals surface area contributed by atoms with E-state index in [1.165, 1.54) is 18.0 Å². The predicted molar refractivity (Wildman–Crippen MR) is 87.7 cm³/mol. The molecule has 8 nitrogen and oxygen atoms in total. The molecule has 0 bridgehead atoms. The van der Waals surface area contributed by atoms with E-state index in [0.717, 1.165) is 0 Å². The summed E-state index contributed by atoms with van der Waals surface area (Å²) in [5, 5.41) is 12.7. The third-order valence-corrected chi connectivity index (χ3v) is 5.08. The van der Waals surface area contributed by atoms with Gasteiger partial charge in [-0.2, -0.15) is 5.10 Å². The Hall–Kier alpha value is -2.55. The number of carboxylic acid groups (broad SMARTS) is 1. The van der Waals surface area contributed by atoms with Crippen molar-refractivity contribution in [3.63, 3.8) is 0 Å². The second-order valence-electron chi connectivity index (χ2n) is 5.25. The first kappa shape index (κ1) is 17.8. The molecule has 0 saturated heterocycles. The van der Waals surface area contributed by atoms with Gasteiger partial charge in [0.05, 0.1) is 24.7 Å². The maximum Gasteiger partial charge on any atom is 0.303 e. The fourth-order valence-corrected chi connectivity index (χ4v) is 3.45.